The van der Waals surface area contributed by atoms with E-state index in [1.165, 1.54) is 23.5 Å². The number of allylic oxidation sites excluding steroid dienone is 2. The van der Waals surface area contributed by atoms with E-state index >= 15 is 26.3 Å². The monoisotopic (exact) mass is 696 g/mol. The van der Waals surface area contributed by atoms with Crippen LogP contribution in [0.3, 0.4) is 0 Å². The Labute approximate surface area is 288 Å². The highest BCUT2D eigenvalue weighted by Gasteiger charge is 2.84. The number of hydrogen-bond acceptors (Lipinski definition) is 2. The molecule has 0 saturated heterocycles. The van der Waals surface area contributed by atoms with Crippen LogP contribution in [0.4, 0.5) is 26.3 Å². The van der Waals surface area contributed by atoms with E-state index in [1.807, 2.05) is 78.9 Å². The summed E-state index contributed by atoms with van der Waals surface area (Å²) in [5.41, 5.74) is 3.58. The second-order valence-corrected chi connectivity index (χ2v) is 16.1. The van der Waals surface area contributed by atoms with Gasteiger partial charge in [-0.3, -0.25) is 0 Å². The summed E-state index contributed by atoms with van der Waals surface area (Å²) in [7, 11) is 0. The zero-order valence-corrected chi connectivity index (χ0v) is 27.8. The maximum atomic E-state index is 16.0. The van der Waals surface area contributed by atoms with Crippen molar-refractivity contribution in [3.63, 3.8) is 0 Å². The van der Waals surface area contributed by atoms with Gasteiger partial charge in [-0.25, -0.2) is 0 Å². The quantitative estimate of drug-likeness (QED) is 0.172. The lowest BCUT2D eigenvalue weighted by Gasteiger charge is -2.47. The summed E-state index contributed by atoms with van der Waals surface area (Å²) in [4.78, 5) is 1.19. The lowest BCUT2D eigenvalue weighted by Crippen LogP contribution is -2.47. The van der Waals surface area contributed by atoms with Gasteiger partial charge in [0.05, 0.1) is 9.49 Å². The summed E-state index contributed by atoms with van der Waals surface area (Å²) >= 11 is 2.57. The summed E-state index contributed by atoms with van der Waals surface area (Å²) < 4.78 is 92.2. The van der Waals surface area contributed by atoms with Crippen LogP contribution in [-0.2, 0) is 0 Å². The topological polar surface area (TPSA) is 0 Å². The Morgan fingerprint density at radius 1 is 0.388 bits per heavy atom. The van der Waals surface area contributed by atoms with Crippen molar-refractivity contribution in [1.29, 1.82) is 0 Å². The van der Waals surface area contributed by atoms with Gasteiger partial charge in [-0.1, -0.05) is 103 Å². The minimum absolute atomic E-state index is 0.125. The van der Waals surface area contributed by atoms with Crippen LogP contribution in [0.1, 0.15) is 25.0 Å². The minimum atomic E-state index is -5.60. The third kappa shape index (κ3) is 3.82. The van der Waals surface area contributed by atoms with E-state index in [1.54, 1.807) is 50.2 Å². The molecule has 0 spiro atoms. The third-order valence-corrected chi connectivity index (χ3v) is 13.9. The van der Waals surface area contributed by atoms with Gasteiger partial charge in [0.2, 0.25) is 0 Å². The summed E-state index contributed by atoms with van der Waals surface area (Å²) in [5.74, 6) is -15.8. The molecule has 0 nitrogen and oxygen atoms in total. The average Bonchev–Trinajstić information content (AvgIpc) is 3.62. The molecule has 0 radical (unpaired) electrons. The van der Waals surface area contributed by atoms with Crippen molar-refractivity contribution < 1.29 is 26.3 Å². The predicted molar refractivity (Wildman–Crippen MR) is 186 cm³/mol. The maximum Gasteiger partial charge on any atom is 0.380 e. The molecule has 0 aromatic heterocycles. The molecule has 2 atom stereocenters. The Kier molecular flexibility index (Phi) is 6.29. The molecule has 4 aliphatic rings. The Morgan fingerprint density at radius 2 is 0.878 bits per heavy atom. The fourth-order valence-electron chi connectivity index (χ4n) is 8.07. The number of hydrogen-bond donors (Lipinski definition) is 0. The Balaban J connectivity index is 1.28. The van der Waals surface area contributed by atoms with Crippen molar-refractivity contribution in [3.8, 4) is 33.4 Å². The first-order valence-electron chi connectivity index (χ1n) is 15.8. The zero-order valence-electron chi connectivity index (χ0n) is 26.1. The molecule has 5 aromatic rings. The molecule has 2 aliphatic heterocycles. The Hall–Kier alpha value is -4.14. The van der Waals surface area contributed by atoms with Gasteiger partial charge >= 0.3 is 17.8 Å². The molecule has 1 saturated carbocycles. The van der Waals surface area contributed by atoms with E-state index in [-0.39, 0.29) is 16.7 Å². The van der Waals surface area contributed by atoms with E-state index in [0.717, 1.165) is 33.4 Å². The van der Waals surface area contributed by atoms with Crippen molar-refractivity contribution in [3.05, 3.63) is 144 Å². The van der Waals surface area contributed by atoms with Gasteiger partial charge in [-0.2, -0.15) is 26.3 Å². The van der Waals surface area contributed by atoms with Gasteiger partial charge in [-0.15, -0.1) is 23.5 Å². The number of fused-ring (bicyclic) bond motifs is 8. The van der Waals surface area contributed by atoms with Gasteiger partial charge in [0.15, 0.2) is 0 Å². The summed E-state index contributed by atoms with van der Waals surface area (Å²) in [6.45, 7) is 3.47. The lowest BCUT2D eigenvalue weighted by atomic mass is 9.68. The van der Waals surface area contributed by atoms with E-state index in [0.29, 0.717) is 15.4 Å². The van der Waals surface area contributed by atoms with Crippen LogP contribution < -0.4 is 0 Å². The smallest absolute Gasteiger partial charge is 0.194 e. The van der Waals surface area contributed by atoms with E-state index in [2.05, 4.69) is 6.07 Å². The Bertz CT molecular complexity index is 2290. The molecule has 2 unspecified atom stereocenters. The first kappa shape index (κ1) is 30.9. The van der Waals surface area contributed by atoms with Crippen LogP contribution in [0, 0.1) is 0 Å². The van der Waals surface area contributed by atoms with Crippen molar-refractivity contribution in [2.45, 2.75) is 50.9 Å². The SMILES string of the molecule is CC12Sc3ccccc3C1=C1C(=C3c4ccc(-c5ccc(-c6ccccc6)cc5-c5ccccc5)cc4SC32C)C(F)(F)C(F)(F)C1(F)F. The van der Waals surface area contributed by atoms with Crippen LogP contribution in [0.25, 0.3) is 44.5 Å². The molecule has 2 aliphatic carbocycles. The number of alkyl halides is 6. The molecule has 49 heavy (non-hydrogen) atoms. The highest BCUT2D eigenvalue weighted by Crippen LogP contribution is 2.78. The first-order chi connectivity index (χ1) is 23.3. The van der Waals surface area contributed by atoms with Crippen LogP contribution in [-0.4, -0.2) is 27.3 Å². The van der Waals surface area contributed by atoms with Crippen LogP contribution in [0.15, 0.2) is 142 Å². The standard InChI is InChI=1S/C41H26F6S2/c1-37-33(28-15-9-10-16-31(28)48-37)35-36(40(44,45)41(46,47)39(35,42)43)34-29-20-18-26(22-32(29)49-38(34,37)2)27-19-17-25(23-11-5-3-6-12-23)21-30(27)24-13-7-4-8-14-24/h3-22H,1-2H3. The van der Waals surface area contributed by atoms with E-state index in [9.17, 15) is 0 Å². The lowest BCUT2D eigenvalue weighted by molar-refractivity contribution is -0.257. The highest BCUT2D eigenvalue weighted by atomic mass is 32.2. The molecule has 244 valence electrons. The van der Waals surface area contributed by atoms with Gasteiger partial charge in [0.1, 0.15) is 0 Å². The molecule has 0 N–H and O–H groups in total. The molecule has 5 aromatic carbocycles. The van der Waals surface area contributed by atoms with Gasteiger partial charge < -0.3 is 0 Å². The number of halogens is 6. The number of thioether (sulfide) groups is 2. The molecule has 1 fully saturated rings. The van der Waals surface area contributed by atoms with Crippen LogP contribution >= 0.6 is 23.5 Å². The Morgan fingerprint density at radius 3 is 1.51 bits per heavy atom. The molecular formula is C41H26F6S2. The maximum absolute atomic E-state index is 16.0. The molecule has 2 heterocycles. The fraction of sp³-hybridized carbons (Fsp3) is 0.171. The van der Waals surface area contributed by atoms with Crippen molar-refractivity contribution in [1.82, 2.24) is 0 Å². The molecular weight excluding hydrogens is 671 g/mol. The third-order valence-electron chi connectivity index (χ3n) is 10.6. The van der Waals surface area contributed by atoms with Crippen LogP contribution in [0.5, 0.6) is 0 Å². The van der Waals surface area contributed by atoms with Gasteiger partial charge in [0, 0.05) is 20.9 Å². The van der Waals surface area contributed by atoms with Gasteiger partial charge in [0.25, 0.3) is 0 Å². The summed E-state index contributed by atoms with van der Waals surface area (Å²) in [6, 6.07) is 38.0. The predicted octanol–water partition coefficient (Wildman–Crippen LogP) is 12.6. The normalized spacial score (nSPS) is 25.1. The minimum Gasteiger partial charge on any atom is -0.194 e. The molecule has 9 rings (SSSR count). The van der Waals surface area contributed by atoms with E-state index in [4.69, 9.17) is 0 Å². The molecule has 0 amide bonds. The van der Waals surface area contributed by atoms with Crippen molar-refractivity contribution >= 4 is 34.7 Å². The largest absolute Gasteiger partial charge is 0.380 e. The van der Waals surface area contributed by atoms with E-state index < -0.39 is 38.4 Å². The molecule has 0 bridgehead atoms. The second kappa shape index (κ2) is 9.98. The fourth-order valence-corrected chi connectivity index (χ4v) is 11.3. The second-order valence-electron chi connectivity index (χ2n) is 13.2. The number of rotatable bonds is 3. The average molecular weight is 697 g/mol. The summed E-state index contributed by atoms with van der Waals surface area (Å²) in [5, 5.41) is 0. The highest BCUT2D eigenvalue weighted by molar-refractivity contribution is 8.06. The molecule has 8 heteroatoms. The summed E-state index contributed by atoms with van der Waals surface area (Å²) in [6.07, 6.45) is 0. The van der Waals surface area contributed by atoms with Crippen molar-refractivity contribution in [2.75, 3.05) is 0 Å². The van der Waals surface area contributed by atoms with Crippen LogP contribution in [0.2, 0.25) is 0 Å². The van der Waals surface area contributed by atoms with Crippen molar-refractivity contribution in [2.24, 2.45) is 0 Å². The number of benzene rings is 5. The first-order valence-corrected chi connectivity index (χ1v) is 17.5. The van der Waals surface area contributed by atoms with Gasteiger partial charge in [-0.05, 0) is 87.7 Å². The zero-order chi connectivity index (χ0) is 34.1.